The van der Waals surface area contributed by atoms with Crippen molar-refractivity contribution in [3.05, 3.63) is 162 Å². The molecule has 6 aromatic carbocycles. The van der Waals surface area contributed by atoms with Crippen molar-refractivity contribution in [1.29, 1.82) is 0 Å². The lowest BCUT2D eigenvalue weighted by molar-refractivity contribution is 0.102. The second kappa shape index (κ2) is 14.9. The number of nitrogens with two attached hydrogens (primary N) is 4. The first-order valence-corrected chi connectivity index (χ1v) is 14.6. The smallest absolute Gasteiger partial charge is 0.255 e. The molecule has 0 bridgehead atoms. The van der Waals surface area contributed by atoms with Gasteiger partial charge in [-0.2, -0.15) is 0 Å². The lowest BCUT2D eigenvalue weighted by Crippen LogP contribution is -2.11. The second-order valence-electron chi connectivity index (χ2n) is 10.5. The third-order valence-corrected chi connectivity index (χ3v) is 6.78. The highest BCUT2D eigenvalue weighted by molar-refractivity contribution is 6.04. The Morgan fingerprint density at radius 1 is 0.478 bits per heavy atom. The Labute approximate surface area is 268 Å². The van der Waals surface area contributed by atoms with Crippen molar-refractivity contribution in [3.63, 3.8) is 0 Å². The van der Waals surface area contributed by atoms with E-state index < -0.39 is 0 Å². The number of carbonyl (C=O) groups excluding carboxylic acids is 1. The molecule has 0 unspecified atom stereocenters. The van der Waals surface area contributed by atoms with Gasteiger partial charge < -0.3 is 37.7 Å². The van der Waals surface area contributed by atoms with Crippen LogP contribution in [-0.2, 0) is 6.42 Å². The molecule has 230 valence electrons. The van der Waals surface area contributed by atoms with E-state index in [-0.39, 0.29) is 5.91 Å². The number of amides is 1. The van der Waals surface area contributed by atoms with Crippen LogP contribution >= 0.6 is 0 Å². The summed E-state index contributed by atoms with van der Waals surface area (Å²) in [5.74, 6) is 2.85. The summed E-state index contributed by atoms with van der Waals surface area (Å²) in [6.07, 6.45) is 0.830. The maximum absolute atomic E-state index is 11.8. The molecule has 8 nitrogen and oxygen atoms in total. The van der Waals surface area contributed by atoms with Crippen LogP contribution in [0.15, 0.2) is 146 Å². The number of anilines is 5. The quantitative estimate of drug-likeness (QED) is 0.109. The molecule has 0 spiro atoms. The van der Waals surface area contributed by atoms with E-state index in [1.165, 1.54) is 11.1 Å². The van der Waals surface area contributed by atoms with E-state index in [0.717, 1.165) is 29.4 Å². The van der Waals surface area contributed by atoms with Crippen LogP contribution in [0.1, 0.15) is 21.5 Å². The Bertz CT molecular complexity index is 1780. The summed E-state index contributed by atoms with van der Waals surface area (Å²) in [6, 6.07) is 44.7. The second-order valence-corrected chi connectivity index (χ2v) is 10.5. The number of carbonyl (C=O) groups is 1. The largest absolute Gasteiger partial charge is 0.457 e. The van der Waals surface area contributed by atoms with Crippen LogP contribution in [0.4, 0.5) is 28.4 Å². The van der Waals surface area contributed by atoms with Gasteiger partial charge in [0.05, 0.1) is 0 Å². The lowest BCUT2D eigenvalue weighted by Gasteiger charge is -2.09. The molecular formula is C38H35N5O3. The van der Waals surface area contributed by atoms with Gasteiger partial charge >= 0.3 is 0 Å². The molecule has 0 aromatic heterocycles. The topological polar surface area (TPSA) is 152 Å². The van der Waals surface area contributed by atoms with Gasteiger partial charge in [0, 0.05) is 46.1 Å². The minimum absolute atomic E-state index is 0.172. The highest BCUT2D eigenvalue weighted by atomic mass is 16.5. The number of hydrogen-bond acceptors (Lipinski definition) is 7. The van der Waals surface area contributed by atoms with Crippen molar-refractivity contribution in [3.8, 4) is 23.0 Å². The number of nitrogen functional groups attached to an aromatic ring is 4. The van der Waals surface area contributed by atoms with E-state index in [0.29, 0.717) is 34.0 Å². The van der Waals surface area contributed by atoms with E-state index in [9.17, 15) is 4.79 Å². The Balaban J connectivity index is 0.000000209. The molecule has 0 atom stereocenters. The Morgan fingerprint density at radius 3 is 1.35 bits per heavy atom. The van der Waals surface area contributed by atoms with Gasteiger partial charge in [-0.25, -0.2) is 0 Å². The SMILES string of the molecule is Nc1ccc(NC(=O)c2ccc(N)cc2)cc1.Nc1cccc(Oc2ccc(Cc3ccc(Oc4cccc(N)c4)cc3)cc2)c1. The zero-order valence-corrected chi connectivity index (χ0v) is 25.1. The number of hydrogen-bond donors (Lipinski definition) is 5. The van der Waals surface area contributed by atoms with Crippen molar-refractivity contribution >= 4 is 34.3 Å². The summed E-state index contributed by atoms with van der Waals surface area (Å²) in [5, 5.41) is 2.77. The van der Waals surface area contributed by atoms with Crippen molar-refractivity contribution in [2.45, 2.75) is 6.42 Å². The number of benzene rings is 6. The van der Waals surface area contributed by atoms with Crippen LogP contribution in [0.3, 0.4) is 0 Å². The normalized spacial score (nSPS) is 10.3. The number of rotatable bonds is 8. The molecule has 0 aliphatic rings. The van der Waals surface area contributed by atoms with E-state index >= 15 is 0 Å². The van der Waals surface area contributed by atoms with E-state index in [1.54, 1.807) is 60.7 Å². The summed E-state index contributed by atoms with van der Waals surface area (Å²) in [6.45, 7) is 0. The van der Waals surface area contributed by atoms with E-state index in [4.69, 9.17) is 32.4 Å². The molecule has 6 rings (SSSR count). The molecule has 0 aliphatic heterocycles. The molecule has 6 aromatic rings. The van der Waals surface area contributed by atoms with Gasteiger partial charge in [-0.3, -0.25) is 4.79 Å². The molecule has 0 heterocycles. The van der Waals surface area contributed by atoms with Gasteiger partial charge in [0.15, 0.2) is 0 Å². The predicted molar refractivity (Wildman–Crippen MR) is 187 cm³/mol. The third-order valence-electron chi connectivity index (χ3n) is 6.78. The molecule has 8 heteroatoms. The molecule has 0 saturated carbocycles. The van der Waals surface area contributed by atoms with Crippen molar-refractivity contribution in [2.75, 3.05) is 28.3 Å². The fourth-order valence-electron chi connectivity index (χ4n) is 4.42. The third kappa shape index (κ3) is 9.29. The molecule has 0 aliphatic carbocycles. The Morgan fingerprint density at radius 2 is 0.913 bits per heavy atom. The number of nitrogens with one attached hydrogen (secondary N) is 1. The first-order valence-electron chi connectivity index (χ1n) is 14.6. The van der Waals surface area contributed by atoms with E-state index in [2.05, 4.69) is 29.6 Å². The molecule has 0 fully saturated rings. The zero-order valence-electron chi connectivity index (χ0n) is 25.1. The maximum atomic E-state index is 11.8. The molecule has 0 saturated heterocycles. The minimum atomic E-state index is -0.172. The summed E-state index contributed by atoms with van der Waals surface area (Å²) < 4.78 is 11.7. The molecule has 1 amide bonds. The molecule has 9 N–H and O–H groups in total. The van der Waals surface area contributed by atoms with Crippen molar-refractivity contribution in [1.82, 2.24) is 0 Å². The van der Waals surface area contributed by atoms with Gasteiger partial charge in [0.1, 0.15) is 23.0 Å². The molecular weight excluding hydrogens is 574 g/mol. The average Bonchev–Trinajstić information content (AvgIpc) is 3.05. The van der Waals surface area contributed by atoms with Crippen LogP contribution < -0.4 is 37.7 Å². The van der Waals surface area contributed by atoms with Gasteiger partial charge in [0.25, 0.3) is 5.91 Å². The van der Waals surface area contributed by atoms with Gasteiger partial charge in [0.2, 0.25) is 0 Å². The minimum Gasteiger partial charge on any atom is -0.457 e. The fourth-order valence-corrected chi connectivity index (χ4v) is 4.42. The van der Waals surface area contributed by atoms with Crippen LogP contribution in [0.5, 0.6) is 23.0 Å². The average molecular weight is 610 g/mol. The zero-order chi connectivity index (χ0) is 32.3. The number of ether oxygens (including phenoxy) is 2. The van der Waals surface area contributed by atoms with Crippen LogP contribution in [0.25, 0.3) is 0 Å². The summed E-state index contributed by atoms with van der Waals surface area (Å²) >= 11 is 0. The highest BCUT2D eigenvalue weighted by Gasteiger charge is 2.05. The van der Waals surface area contributed by atoms with E-state index in [1.807, 2.05) is 60.7 Å². The summed E-state index contributed by atoms with van der Waals surface area (Å²) in [5.41, 5.74) is 29.0. The van der Waals surface area contributed by atoms with Gasteiger partial charge in [-0.1, -0.05) is 36.4 Å². The monoisotopic (exact) mass is 609 g/mol. The van der Waals surface area contributed by atoms with Crippen molar-refractivity contribution < 1.29 is 14.3 Å². The van der Waals surface area contributed by atoms with Crippen LogP contribution in [0, 0.1) is 0 Å². The van der Waals surface area contributed by atoms with Crippen molar-refractivity contribution in [2.24, 2.45) is 0 Å². The highest BCUT2D eigenvalue weighted by Crippen LogP contribution is 2.26. The molecule has 46 heavy (non-hydrogen) atoms. The summed E-state index contributed by atoms with van der Waals surface area (Å²) in [4.78, 5) is 11.8. The summed E-state index contributed by atoms with van der Waals surface area (Å²) in [7, 11) is 0. The lowest BCUT2D eigenvalue weighted by atomic mass is 10.0. The Hall–Kier alpha value is -6.41. The fraction of sp³-hybridized carbons (Fsp3) is 0.0263. The first kappa shape index (κ1) is 31.0. The van der Waals surface area contributed by atoms with Gasteiger partial charge in [-0.15, -0.1) is 0 Å². The first-order chi connectivity index (χ1) is 22.3. The molecule has 0 radical (unpaired) electrons. The standard InChI is InChI=1S/C25H22N2O2.C13H13N3O/c26-20-3-1-5-24(16-20)28-22-11-7-18(8-12-22)15-19-9-13-23(14-10-19)29-25-6-2-4-21(27)17-25;14-10-3-1-9(2-4-10)13(17)16-12-7-5-11(15)6-8-12/h1-14,16-17H,15,26-27H2;1-8H,14-15H2,(H,16,17). The van der Waals surface area contributed by atoms with Gasteiger partial charge in [-0.05, 0) is 115 Å². The van der Waals surface area contributed by atoms with Crippen LogP contribution in [-0.4, -0.2) is 5.91 Å². The maximum Gasteiger partial charge on any atom is 0.255 e. The predicted octanol–water partition coefficient (Wildman–Crippen LogP) is 8.13. The Kier molecular flexibility index (Phi) is 10.0. The van der Waals surface area contributed by atoms with Crippen LogP contribution in [0.2, 0.25) is 0 Å².